The molecule has 0 aromatic rings. The van der Waals surface area contributed by atoms with Crippen molar-refractivity contribution in [2.75, 3.05) is 27.2 Å². The first-order valence-corrected chi connectivity index (χ1v) is 7.83. The van der Waals surface area contributed by atoms with Crippen molar-refractivity contribution in [2.45, 2.75) is 52.5 Å². The summed E-state index contributed by atoms with van der Waals surface area (Å²) >= 11 is 0. The lowest BCUT2D eigenvalue weighted by Gasteiger charge is -2.44. The number of piperidine rings is 1. The molecule has 2 atom stereocenters. The Morgan fingerprint density at radius 2 is 1.57 bits per heavy atom. The van der Waals surface area contributed by atoms with Crippen LogP contribution in [0, 0.1) is 11.3 Å². The van der Waals surface area contributed by atoms with Crippen LogP contribution in [0.4, 0.5) is 0 Å². The molecule has 1 heterocycles. The summed E-state index contributed by atoms with van der Waals surface area (Å²) in [6, 6.07) is 0. The van der Waals surface area contributed by atoms with Gasteiger partial charge in [-0.15, -0.1) is 0 Å². The molecule has 5 heteroatoms. The summed E-state index contributed by atoms with van der Waals surface area (Å²) in [5.41, 5.74) is 4.68. The van der Waals surface area contributed by atoms with Crippen molar-refractivity contribution < 1.29 is 9.59 Å². The van der Waals surface area contributed by atoms with Crippen LogP contribution >= 0.6 is 0 Å². The van der Waals surface area contributed by atoms with E-state index in [-0.39, 0.29) is 17.7 Å². The van der Waals surface area contributed by atoms with Crippen LogP contribution in [0.15, 0.2) is 0 Å². The second-order valence-electron chi connectivity index (χ2n) is 7.28. The molecule has 0 spiro atoms. The molecule has 1 aliphatic heterocycles. The number of hydrogen-bond donors (Lipinski definition) is 1. The molecule has 122 valence electrons. The van der Waals surface area contributed by atoms with Crippen molar-refractivity contribution in [1.29, 1.82) is 0 Å². The summed E-state index contributed by atoms with van der Waals surface area (Å²) in [5, 5.41) is 0. The zero-order valence-electron chi connectivity index (χ0n) is 14.4. The Hall–Kier alpha value is -1.10. The summed E-state index contributed by atoms with van der Waals surface area (Å²) in [6.07, 6.45) is 3.25. The lowest BCUT2D eigenvalue weighted by Crippen LogP contribution is -2.62. The van der Waals surface area contributed by atoms with Crippen LogP contribution in [0.3, 0.4) is 0 Å². The summed E-state index contributed by atoms with van der Waals surface area (Å²) in [6.45, 7) is 8.96. The number of nitrogens with zero attached hydrogens (tertiary/aromatic N) is 2. The maximum absolute atomic E-state index is 12.8. The molecule has 0 aliphatic carbocycles. The molecule has 2 unspecified atom stereocenters. The molecule has 0 aromatic carbocycles. The smallest absolute Gasteiger partial charge is 0.242 e. The highest BCUT2D eigenvalue weighted by Gasteiger charge is 2.48. The van der Waals surface area contributed by atoms with Gasteiger partial charge in [0.1, 0.15) is 0 Å². The third-order valence-electron chi connectivity index (χ3n) is 5.04. The van der Waals surface area contributed by atoms with E-state index in [0.717, 1.165) is 25.9 Å². The van der Waals surface area contributed by atoms with E-state index in [9.17, 15) is 9.59 Å². The number of likely N-dealkylation sites (tertiary alicyclic amines) is 1. The number of carbonyl (C=O) groups is 2. The van der Waals surface area contributed by atoms with E-state index in [0.29, 0.717) is 0 Å². The molecular weight excluding hydrogens is 266 g/mol. The summed E-state index contributed by atoms with van der Waals surface area (Å²) in [7, 11) is 3.47. The van der Waals surface area contributed by atoms with Crippen molar-refractivity contribution in [3.8, 4) is 0 Å². The van der Waals surface area contributed by atoms with E-state index in [1.165, 1.54) is 6.42 Å². The molecule has 21 heavy (non-hydrogen) atoms. The Kier molecular flexibility index (Phi) is 5.42. The van der Waals surface area contributed by atoms with E-state index in [1.807, 2.05) is 25.7 Å². The minimum absolute atomic E-state index is 0.00174. The van der Waals surface area contributed by atoms with Gasteiger partial charge < -0.3 is 15.5 Å². The molecule has 1 aliphatic rings. The molecule has 2 N–H and O–H groups in total. The summed E-state index contributed by atoms with van der Waals surface area (Å²) in [4.78, 5) is 28.6. The molecule has 5 nitrogen and oxygen atoms in total. The fourth-order valence-electron chi connectivity index (χ4n) is 3.13. The number of nitrogens with two attached hydrogens (primary N) is 1. The monoisotopic (exact) mass is 297 g/mol. The SMILES string of the molecule is CC(C(C)(C)C(=O)N(C)C)C(C)(N)C(=O)N1CCCCC1. The van der Waals surface area contributed by atoms with Gasteiger partial charge in [-0.25, -0.2) is 0 Å². The van der Waals surface area contributed by atoms with Crippen molar-refractivity contribution in [1.82, 2.24) is 9.80 Å². The molecule has 0 saturated carbocycles. The van der Waals surface area contributed by atoms with Crippen molar-refractivity contribution in [3.05, 3.63) is 0 Å². The summed E-state index contributed by atoms with van der Waals surface area (Å²) in [5.74, 6) is -0.290. The molecular formula is C16H31N3O2. The molecule has 0 radical (unpaired) electrons. The Morgan fingerprint density at radius 1 is 1.10 bits per heavy atom. The summed E-state index contributed by atoms with van der Waals surface area (Å²) < 4.78 is 0. The van der Waals surface area contributed by atoms with Crippen LogP contribution in [0.2, 0.25) is 0 Å². The minimum atomic E-state index is -1.04. The van der Waals surface area contributed by atoms with E-state index in [1.54, 1.807) is 25.9 Å². The zero-order chi connectivity index (χ0) is 16.4. The van der Waals surface area contributed by atoms with E-state index >= 15 is 0 Å². The molecule has 1 rings (SSSR count). The van der Waals surface area contributed by atoms with E-state index in [2.05, 4.69) is 0 Å². The van der Waals surface area contributed by atoms with Gasteiger partial charge in [0.15, 0.2) is 0 Å². The Morgan fingerprint density at radius 3 is 2.00 bits per heavy atom. The number of carbonyl (C=O) groups excluding carboxylic acids is 2. The average molecular weight is 297 g/mol. The lowest BCUT2D eigenvalue weighted by atomic mass is 9.68. The lowest BCUT2D eigenvalue weighted by molar-refractivity contribution is -0.147. The normalized spacial score (nSPS) is 20.6. The van der Waals surface area contributed by atoms with Gasteiger partial charge in [0, 0.05) is 32.6 Å². The maximum atomic E-state index is 12.8. The molecule has 0 aromatic heterocycles. The Labute approximate surface area is 128 Å². The van der Waals surface area contributed by atoms with Crippen LogP contribution in [0.5, 0.6) is 0 Å². The predicted octanol–water partition coefficient (Wildman–Crippen LogP) is 1.47. The standard InChI is InChI=1S/C16H31N3O2/c1-12(15(2,3)13(20)18(5)6)16(4,17)14(21)19-10-8-7-9-11-19/h12H,7-11,17H2,1-6H3. The van der Waals surface area contributed by atoms with Gasteiger partial charge >= 0.3 is 0 Å². The van der Waals surface area contributed by atoms with Crippen molar-refractivity contribution >= 4 is 11.8 Å². The Balaban J connectivity index is 2.94. The topological polar surface area (TPSA) is 66.6 Å². The minimum Gasteiger partial charge on any atom is -0.348 e. The van der Waals surface area contributed by atoms with Gasteiger partial charge in [0.05, 0.1) is 5.54 Å². The largest absolute Gasteiger partial charge is 0.348 e. The van der Waals surface area contributed by atoms with Crippen molar-refractivity contribution in [2.24, 2.45) is 17.1 Å². The number of rotatable bonds is 4. The van der Waals surface area contributed by atoms with Crippen molar-refractivity contribution in [3.63, 3.8) is 0 Å². The third-order valence-corrected chi connectivity index (χ3v) is 5.04. The van der Waals surface area contributed by atoms with Gasteiger partial charge in [-0.1, -0.05) is 20.8 Å². The first-order valence-electron chi connectivity index (χ1n) is 7.83. The second kappa shape index (κ2) is 6.34. The fraction of sp³-hybridized carbons (Fsp3) is 0.875. The maximum Gasteiger partial charge on any atom is 0.242 e. The van der Waals surface area contributed by atoms with Gasteiger partial charge in [0.25, 0.3) is 0 Å². The number of hydrogen-bond acceptors (Lipinski definition) is 3. The second-order valence-corrected chi connectivity index (χ2v) is 7.28. The van der Waals surface area contributed by atoms with Crippen LogP contribution in [-0.2, 0) is 9.59 Å². The van der Waals surface area contributed by atoms with E-state index < -0.39 is 11.0 Å². The first-order chi connectivity index (χ1) is 9.52. The predicted molar refractivity (Wildman–Crippen MR) is 84.7 cm³/mol. The quantitative estimate of drug-likeness (QED) is 0.854. The fourth-order valence-corrected chi connectivity index (χ4v) is 3.13. The first kappa shape index (κ1) is 18.0. The molecule has 1 fully saturated rings. The van der Waals surface area contributed by atoms with Crippen LogP contribution in [0.1, 0.15) is 47.0 Å². The van der Waals surface area contributed by atoms with Gasteiger partial charge in [-0.2, -0.15) is 0 Å². The van der Waals surface area contributed by atoms with Gasteiger partial charge in [-0.05, 0) is 32.1 Å². The van der Waals surface area contributed by atoms with Crippen LogP contribution in [0.25, 0.3) is 0 Å². The highest BCUT2D eigenvalue weighted by molar-refractivity contribution is 5.89. The number of amides is 2. The molecule has 1 saturated heterocycles. The average Bonchev–Trinajstić information content (AvgIpc) is 2.45. The third kappa shape index (κ3) is 3.57. The van der Waals surface area contributed by atoms with Crippen LogP contribution in [-0.4, -0.2) is 54.3 Å². The highest BCUT2D eigenvalue weighted by atomic mass is 16.2. The van der Waals surface area contributed by atoms with E-state index in [4.69, 9.17) is 5.73 Å². The van der Waals surface area contributed by atoms with Gasteiger partial charge in [-0.3, -0.25) is 9.59 Å². The Bertz CT molecular complexity index is 396. The highest BCUT2D eigenvalue weighted by Crippen LogP contribution is 2.36. The molecule has 2 amide bonds. The zero-order valence-corrected chi connectivity index (χ0v) is 14.4. The van der Waals surface area contributed by atoms with Gasteiger partial charge in [0.2, 0.25) is 11.8 Å². The van der Waals surface area contributed by atoms with Crippen LogP contribution < -0.4 is 5.73 Å². The molecule has 0 bridgehead atoms.